The Kier molecular flexibility index (Phi) is 3.25. The molecule has 1 aromatic heterocycles. The molecule has 0 spiro atoms. The van der Waals surface area contributed by atoms with Gasteiger partial charge in [-0.3, -0.25) is 4.98 Å². The van der Waals surface area contributed by atoms with Gasteiger partial charge in [-0.1, -0.05) is 35.4 Å². The normalized spacial score (nSPS) is 12.5. The molecule has 1 heterocycles. The van der Waals surface area contributed by atoms with Crippen LogP contribution in [0, 0.1) is 20.8 Å². The predicted octanol–water partition coefficient (Wildman–Crippen LogP) is 3.05. The average molecular weight is 226 g/mol. The molecule has 1 unspecified atom stereocenters. The minimum atomic E-state index is -0.0951. The Morgan fingerprint density at radius 2 is 1.71 bits per heavy atom. The van der Waals surface area contributed by atoms with Crippen LogP contribution in [0.3, 0.4) is 0 Å². The maximum Gasteiger partial charge on any atom is 0.0569 e. The van der Waals surface area contributed by atoms with Gasteiger partial charge < -0.3 is 5.73 Å². The lowest BCUT2D eigenvalue weighted by atomic mass is 9.96. The molecular weight excluding hydrogens is 208 g/mol. The first-order valence-electron chi connectivity index (χ1n) is 5.83. The van der Waals surface area contributed by atoms with Gasteiger partial charge in [0.2, 0.25) is 0 Å². The first kappa shape index (κ1) is 11.8. The second kappa shape index (κ2) is 4.68. The molecule has 0 saturated carbocycles. The second-order valence-corrected chi connectivity index (χ2v) is 4.58. The van der Waals surface area contributed by atoms with E-state index >= 15 is 0 Å². The molecule has 0 amide bonds. The third-order valence-electron chi connectivity index (χ3n) is 2.99. The number of pyridine rings is 1. The van der Waals surface area contributed by atoms with Crippen molar-refractivity contribution in [3.63, 3.8) is 0 Å². The van der Waals surface area contributed by atoms with Crippen molar-refractivity contribution in [2.45, 2.75) is 26.8 Å². The fourth-order valence-electron chi connectivity index (χ4n) is 2.19. The third-order valence-corrected chi connectivity index (χ3v) is 2.99. The van der Waals surface area contributed by atoms with Gasteiger partial charge >= 0.3 is 0 Å². The van der Waals surface area contributed by atoms with E-state index in [1.54, 1.807) is 6.20 Å². The van der Waals surface area contributed by atoms with Gasteiger partial charge in [-0.05, 0) is 38.0 Å². The van der Waals surface area contributed by atoms with Gasteiger partial charge in [0.05, 0.1) is 6.04 Å². The van der Waals surface area contributed by atoms with E-state index in [0.29, 0.717) is 0 Å². The van der Waals surface area contributed by atoms with Crippen molar-refractivity contribution in [1.82, 2.24) is 4.98 Å². The van der Waals surface area contributed by atoms with Crippen molar-refractivity contribution in [2.75, 3.05) is 0 Å². The number of nitrogens with zero attached hydrogens (tertiary/aromatic N) is 1. The molecule has 0 aliphatic rings. The maximum absolute atomic E-state index is 6.31. The summed E-state index contributed by atoms with van der Waals surface area (Å²) in [5, 5.41) is 0. The minimum Gasteiger partial charge on any atom is -0.320 e. The van der Waals surface area contributed by atoms with E-state index in [1.807, 2.05) is 19.1 Å². The minimum absolute atomic E-state index is 0.0951. The topological polar surface area (TPSA) is 38.9 Å². The van der Waals surface area contributed by atoms with Crippen molar-refractivity contribution in [1.29, 1.82) is 0 Å². The molecular formula is C15H18N2. The Hall–Kier alpha value is -1.67. The summed E-state index contributed by atoms with van der Waals surface area (Å²) in [6.45, 7) is 6.19. The van der Waals surface area contributed by atoms with Crippen molar-refractivity contribution in [3.05, 3.63) is 64.5 Å². The number of rotatable bonds is 2. The number of benzene rings is 1. The monoisotopic (exact) mass is 226 g/mol. The summed E-state index contributed by atoms with van der Waals surface area (Å²) in [6.07, 6.45) is 1.80. The van der Waals surface area contributed by atoms with Crippen LogP contribution >= 0.6 is 0 Å². The lowest BCUT2D eigenvalue weighted by Crippen LogP contribution is -2.14. The lowest BCUT2D eigenvalue weighted by molar-refractivity contribution is 0.845. The highest BCUT2D eigenvalue weighted by molar-refractivity contribution is 5.37. The summed E-state index contributed by atoms with van der Waals surface area (Å²) >= 11 is 0. The van der Waals surface area contributed by atoms with Gasteiger partial charge in [0.1, 0.15) is 0 Å². The molecule has 2 heteroatoms. The summed E-state index contributed by atoms with van der Waals surface area (Å²) in [5.74, 6) is 0. The van der Waals surface area contributed by atoms with Crippen molar-refractivity contribution >= 4 is 0 Å². The van der Waals surface area contributed by atoms with Crippen LogP contribution in [-0.2, 0) is 0 Å². The van der Waals surface area contributed by atoms with E-state index in [4.69, 9.17) is 5.73 Å². The lowest BCUT2D eigenvalue weighted by Gasteiger charge is -2.15. The van der Waals surface area contributed by atoms with Gasteiger partial charge in [-0.25, -0.2) is 0 Å². The van der Waals surface area contributed by atoms with Gasteiger partial charge in [-0.2, -0.15) is 0 Å². The number of hydrogen-bond acceptors (Lipinski definition) is 2. The second-order valence-electron chi connectivity index (χ2n) is 4.58. The van der Waals surface area contributed by atoms with Crippen LogP contribution in [0.4, 0.5) is 0 Å². The summed E-state index contributed by atoms with van der Waals surface area (Å²) in [4.78, 5) is 4.29. The standard InChI is InChI=1S/C15H18N2/c1-10-7-11(2)9-13(8-10)15(16)14-5-4-6-17-12(14)3/h4-9,15H,16H2,1-3H3. The fraction of sp³-hybridized carbons (Fsp3) is 0.267. The average Bonchev–Trinajstić information content (AvgIpc) is 2.27. The van der Waals surface area contributed by atoms with E-state index in [1.165, 1.54) is 11.1 Å². The van der Waals surface area contributed by atoms with Crippen LogP contribution in [0.2, 0.25) is 0 Å². The molecule has 0 bridgehead atoms. The molecule has 1 aromatic carbocycles. The number of aromatic nitrogens is 1. The molecule has 2 nitrogen and oxygen atoms in total. The van der Waals surface area contributed by atoms with Crippen LogP contribution in [-0.4, -0.2) is 4.98 Å². The zero-order valence-corrected chi connectivity index (χ0v) is 10.6. The highest BCUT2D eigenvalue weighted by Gasteiger charge is 2.12. The van der Waals surface area contributed by atoms with Crippen LogP contribution in [0.15, 0.2) is 36.5 Å². The maximum atomic E-state index is 6.31. The highest BCUT2D eigenvalue weighted by Crippen LogP contribution is 2.23. The van der Waals surface area contributed by atoms with Crippen LogP contribution in [0.25, 0.3) is 0 Å². The molecule has 2 aromatic rings. The quantitative estimate of drug-likeness (QED) is 0.854. The third kappa shape index (κ3) is 2.53. The van der Waals surface area contributed by atoms with E-state index < -0.39 is 0 Å². The number of nitrogens with two attached hydrogens (primary N) is 1. The van der Waals surface area contributed by atoms with Gasteiger partial charge in [0, 0.05) is 11.9 Å². The number of aryl methyl sites for hydroxylation is 3. The smallest absolute Gasteiger partial charge is 0.0569 e. The van der Waals surface area contributed by atoms with E-state index in [-0.39, 0.29) is 6.04 Å². The molecule has 1 atom stereocenters. The van der Waals surface area contributed by atoms with Gasteiger partial charge in [0.15, 0.2) is 0 Å². The molecule has 2 rings (SSSR count). The molecule has 88 valence electrons. The molecule has 0 aliphatic carbocycles. The highest BCUT2D eigenvalue weighted by atomic mass is 14.7. The zero-order valence-electron chi connectivity index (χ0n) is 10.6. The van der Waals surface area contributed by atoms with Crippen molar-refractivity contribution < 1.29 is 0 Å². The molecule has 0 aliphatic heterocycles. The largest absolute Gasteiger partial charge is 0.320 e. The van der Waals surface area contributed by atoms with Crippen LogP contribution < -0.4 is 5.73 Å². The van der Waals surface area contributed by atoms with Crippen molar-refractivity contribution in [2.24, 2.45) is 5.73 Å². The zero-order chi connectivity index (χ0) is 12.4. The van der Waals surface area contributed by atoms with Crippen molar-refractivity contribution in [3.8, 4) is 0 Å². The Labute approximate surface area is 103 Å². The fourth-order valence-corrected chi connectivity index (χ4v) is 2.19. The number of hydrogen-bond donors (Lipinski definition) is 1. The van der Waals surface area contributed by atoms with E-state index in [0.717, 1.165) is 16.8 Å². The Balaban J connectivity index is 2.43. The summed E-state index contributed by atoms with van der Waals surface area (Å²) in [6, 6.07) is 10.3. The van der Waals surface area contributed by atoms with Gasteiger partial charge in [0.25, 0.3) is 0 Å². The molecule has 0 saturated heterocycles. The summed E-state index contributed by atoms with van der Waals surface area (Å²) in [5.41, 5.74) is 12.1. The van der Waals surface area contributed by atoms with E-state index in [2.05, 4.69) is 37.0 Å². The summed E-state index contributed by atoms with van der Waals surface area (Å²) in [7, 11) is 0. The summed E-state index contributed by atoms with van der Waals surface area (Å²) < 4.78 is 0. The molecule has 0 radical (unpaired) electrons. The van der Waals surface area contributed by atoms with Gasteiger partial charge in [-0.15, -0.1) is 0 Å². The molecule has 17 heavy (non-hydrogen) atoms. The predicted molar refractivity (Wildman–Crippen MR) is 70.9 cm³/mol. The SMILES string of the molecule is Cc1cc(C)cc(C(N)c2cccnc2C)c1. The van der Waals surface area contributed by atoms with Crippen LogP contribution in [0.1, 0.15) is 34.0 Å². The van der Waals surface area contributed by atoms with E-state index in [9.17, 15) is 0 Å². The molecule has 0 fully saturated rings. The first-order chi connectivity index (χ1) is 8.08. The molecule has 2 N–H and O–H groups in total. The van der Waals surface area contributed by atoms with Crippen LogP contribution in [0.5, 0.6) is 0 Å². The Morgan fingerprint density at radius 1 is 1.06 bits per heavy atom. The first-order valence-corrected chi connectivity index (χ1v) is 5.83. The Bertz CT molecular complexity index is 512. The Morgan fingerprint density at radius 3 is 2.29 bits per heavy atom.